The van der Waals surface area contributed by atoms with Gasteiger partial charge in [-0.15, -0.1) is 11.3 Å². The highest BCUT2D eigenvalue weighted by atomic mass is 32.1. The Bertz CT molecular complexity index is 580. The van der Waals surface area contributed by atoms with Gasteiger partial charge in [-0.25, -0.2) is 4.98 Å². The van der Waals surface area contributed by atoms with Crippen LogP contribution in [0.3, 0.4) is 0 Å². The van der Waals surface area contributed by atoms with Crippen LogP contribution in [0.4, 0.5) is 0 Å². The minimum Gasteiger partial charge on any atom is -0.310 e. The number of nitrogens with zero attached hydrogens (tertiary/aromatic N) is 3. The summed E-state index contributed by atoms with van der Waals surface area (Å²) in [5.41, 5.74) is 3.75. The van der Waals surface area contributed by atoms with Crippen molar-refractivity contribution in [2.24, 2.45) is 0 Å². The summed E-state index contributed by atoms with van der Waals surface area (Å²) in [6.45, 7) is 11.1. The Morgan fingerprint density at radius 2 is 2.10 bits per heavy atom. The average Bonchev–Trinajstić information content (AvgIpc) is 3.11. The van der Waals surface area contributed by atoms with E-state index in [0.29, 0.717) is 6.04 Å². The highest BCUT2D eigenvalue weighted by molar-refractivity contribution is 7.15. The Balaban J connectivity index is 1.62. The van der Waals surface area contributed by atoms with E-state index in [1.807, 2.05) is 0 Å². The van der Waals surface area contributed by atoms with Crippen molar-refractivity contribution >= 4 is 16.3 Å². The lowest BCUT2D eigenvalue weighted by Crippen LogP contribution is -2.38. The van der Waals surface area contributed by atoms with Crippen LogP contribution in [0.5, 0.6) is 0 Å². The zero-order valence-corrected chi connectivity index (χ0v) is 13.5. The maximum absolute atomic E-state index is 4.64. The third-order valence-corrected chi connectivity index (χ3v) is 5.27. The first-order valence-corrected chi connectivity index (χ1v) is 8.41. The van der Waals surface area contributed by atoms with Gasteiger partial charge in [0.2, 0.25) is 0 Å². The Kier molecular flexibility index (Phi) is 4.10. The van der Waals surface area contributed by atoms with Gasteiger partial charge in [-0.05, 0) is 46.7 Å². The summed E-state index contributed by atoms with van der Waals surface area (Å²) in [6.07, 6.45) is 2.72. The Morgan fingerprint density at radius 1 is 1.35 bits per heavy atom. The average molecular weight is 292 g/mol. The lowest BCUT2D eigenvalue weighted by Gasteiger charge is -2.24. The van der Waals surface area contributed by atoms with Gasteiger partial charge in [-0.1, -0.05) is 0 Å². The third kappa shape index (κ3) is 2.62. The van der Waals surface area contributed by atoms with Crippen molar-refractivity contribution in [1.29, 1.82) is 0 Å². The zero-order valence-electron chi connectivity index (χ0n) is 12.6. The van der Waals surface area contributed by atoms with Crippen LogP contribution in [0, 0.1) is 13.8 Å². The number of thiazole rings is 1. The number of fused-ring (bicyclic) bond motifs is 1. The van der Waals surface area contributed by atoms with Crippen LogP contribution < -0.4 is 5.32 Å². The van der Waals surface area contributed by atoms with Crippen molar-refractivity contribution < 1.29 is 0 Å². The van der Waals surface area contributed by atoms with Crippen molar-refractivity contribution in [3.63, 3.8) is 0 Å². The molecule has 4 nitrogen and oxygen atoms in total. The van der Waals surface area contributed by atoms with Crippen molar-refractivity contribution in [3.05, 3.63) is 22.5 Å². The predicted molar refractivity (Wildman–Crippen MR) is 84.5 cm³/mol. The lowest BCUT2D eigenvalue weighted by molar-refractivity contribution is 0.251. The second-order valence-electron chi connectivity index (χ2n) is 5.86. The monoisotopic (exact) mass is 292 g/mol. The van der Waals surface area contributed by atoms with Crippen molar-refractivity contribution in [2.75, 3.05) is 19.6 Å². The molecule has 0 bridgehead atoms. The van der Waals surface area contributed by atoms with E-state index in [1.165, 1.54) is 37.3 Å². The van der Waals surface area contributed by atoms with Crippen LogP contribution in [0.15, 0.2) is 5.38 Å². The minimum atomic E-state index is 0.629. The van der Waals surface area contributed by atoms with E-state index in [4.69, 9.17) is 0 Å². The van der Waals surface area contributed by atoms with Gasteiger partial charge in [0.05, 0.1) is 11.4 Å². The summed E-state index contributed by atoms with van der Waals surface area (Å²) in [4.78, 5) is 8.34. The number of hydrogen-bond donors (Lipinski definition) is 1. The number of imidazole rings is 1. The van der Waals surface area contributed by atoms with Crippen LogP contribution in [-0.2, 0) is 6.54 Å². The van der Waals surface area contributed by atoms with E-state index in [0.717, 1.165) is 23.7 Å². The number of rotatable bonds is 5. The highest BCUT2D eigenvalue weighted by Gasteiger charge is 2.18. The number of hydrogen-bond acceptors (Lipinski definition) is 4. The molecule has 20 heavy (non-hydrogen) atoms. The second kappa shape index (κ2) is 5.84. The summed E-state index contributed by atoms with van der Waals surface area (Å²) in [5, 5.41) is 5.80. The van der Waals surface area contributed by atoms with Gasteiger partial charge in [0, 0.05) is 30.2 Å². The molecule has 110 valence electrons. The molecular weight excluding hydrogens is 268 g/mol. The van der Waals surface area contributed by atoms with E-state index >= 15 is 0 Å². The molecule has 1 aliphatic heterocycles. The molecule has 2 aromatic rings. The molecule has 3 rings (SSSR count). The topological polar surface area (TPSA) is 32.6 Å². The molecule has 0 aliphatic carbocycles. The van der Waals surface area contributed by atoms with Gasteiger partial charge >= 0.3 is 0 Å². The molecule has 0 spiro atoms. The Labute approximate surface area is 124 Å². The molecule has 1 unspecified atom stereocenters. The summed E-state index contributed by atoms with van der Waals surface area (Å²) >= 11 is 1.72. The molecule has 0 amide bonds. The van der Waals surface area contributed by atoms with E-state index in [2.05, 4.69) is 45.8 Å². The third-order valence-electron chi connectivity index (χ3n) is 4.33. The summed E-state index contributed by atoms with van der Waals surface area (Å²) in [5.74, 6) is 0. The van der Waals surface area contributed by atoms with Crippen LogP contribution in [0.1, 0.15) is 36.8 Å². The van der Waals surface area contributed by atoms with E-state index < -0.39 is 0 Å². The first-order chi connectivity index (χ1) is 9.66. The first-order valence-electron chi connectivity index (χ1n) is 7.53. The zero-order chi connectivity index (χ0) is 14.1. The molecule has 5 heteroatoms. The first kappa shape index (κ1) is 14.0. The number of aromatic nitrogens is 2. The van der Waals surface area contributed by atoms with Gasteiger partial charge in [0.15, 0.2) is 4.96 Å². The molecule has 1 aliphatic rings. The van der Waals surface area contributed by atoms with Crippen molar-refractivity contribution in [1.82, 2.24) is 19.6 Å². The highest BCUT2D eigenvalue weighted by Crippen LogP contribution is 2.20. The quantitative estimate of drug-likeness (QED) is 0.919. The van der Waals surface area contributed by atoms with Crippen molar-refractivity contribution in [2.45, 2.75) is 46.2 Å². The van der Waals surface area contributed by atoms with E-state index in [1.54, 1.807) is 11.3 Å². The molecule has 0 radical (unpaired) electrons. The number of aryl methyl sites for hydroxylation is 2. The normalized spacial score (nSPS) is 18.1. The fourth-order valence-corrected chi connectivity index (χ4v) is 4.02. The summed E-state index contributed by atoms with van der Waals surface area (Å²) in [6, 6.07) is 0.629. The van der Waals surface area contributed by atoms with Crippen LogP contribution in [-0.4, -0.2) is 40.0 Å². The largest absolute Gasteiger partial charge is 0.310 e. The SMILES string of the molecule is Cc1nc2scc(C)n2c1CNCC(C)N1CCCC1. The molecule has 2 aromatic heterocycles. The van der Waals surface area contributed by atoms with Gasteiger partial charge < -0.3 is 5.32 Å². The number of likely N-dealkylation sites (tertiary alicyclic amines) is 1. The smallest absolute Gasteiger partial charge is 0.194 e. The Hall–Kier alpha value is -0.910. The molecular formula is C15H24N4S. The summed E-state index contributed by atoms with van der Waals surface area (Å²) in [7, 11) is 0. The summed E-state index contributed by atoms with van der Waals surface area (Å²) < 4.78 is 2.29. The molecule has 0 saturated carbocycles. The maximum atomic E-state index is 4.64. The molecule has 1 saturated heterocycles. The fraction of sp³-hybridized carbons (Fsp3) is 0.667. The van der Waals surface area contributed by atoms with Gasteiger partial charge in [-0.2, -0.15) is 0 Å². The van der Waals surface area contributed by atoms with E-state index in [-0.39, 0.29) is 0 Å². The van der Waals surface area contributed by atoms with Gasteiger partial charge in [0.1, 0.15) is 0 Å². The molecule has 0 aromatic carbocycles. The van der Waals surface area contributed by atoms with Crippen molar-refractivity contribution in [3.8, 4) is 0 Å². The van der Waals surface area contributed by atoms with Crippen LogP contribution in [0.2, 0.25) is 0 Å². The second-order valence-corrected chi connectivity index (χ2v) is 6.70. The molecule has 3 heterocycles. The Morgan fingerprint density at radius 3 is 2.85 bits per heavy atom. The lowest BCUT2D eigenvalue weighted by atomic mass is 10.2. The number of nitrogens with one attached hydrogen (secondary N) is 1. The minimum absolute atomic E-state index is 0.629. The molecule has 1 atom stereocenters. The fourth-order valence-electron chi connectivity index (χ4n) is 3.09. The molecule has 1 N–H and O–H groups in total. The molecule has 1 fully saturated rings. The van der Waals surface area contributed by atoms with Gasteiger partial charge in [-0.3, -0.25) is 9.30 Å². The predicted octanol–water partition coefficient (Wildman–Crippen LogP) is 2.59. The van der Waals surface area contributed by atoms with E-state index in [9.17, 15) is 0 Å². The standard InChI is InChI=1S/C15H24N4S/c1-11(18-6-4-5-7-18)8-16-9-14-13(3)17-15-19(14)12(2)10-20-15/h10-11,16H,4-9H2,1-3H3. The van der Waals surface area contributed by atoms with Gasteiger partial charge in [0.25, 0.3) is 0 Å². The van der Waals surface area contributed by atoms with Crippen LogP contribution in [0.25, 0.3) is 4.96 Å². The van der Waals surface area contributed by atoms with Crippen LogP contribution >= 0.6 is 11.3 Å². The maximum Gasteiger partial charge on any atom is 0.194 e.